The number of unbranched alkanes of at least 4 members (excludes halogenated alkanes) is 10. The summed E-state index contributed by atoms with van der Waals surface area (Å²) < 4.78 is 0. The molecular weight excluding hydrogens is 518 g/mol. The number of nitrogens with zero attached hydrogens (tertiary/aromatic N) is 1. The smallest absolute Gasteiger partial charge is 0.0610 e. The monoisotopic (exact) mass is 573 g/mol. The van der Waals surface area contributed by atoms with Crippen LogP contribution in [0.4, 0.5) is 0 Å². The molecule has 0 saturated carbocycles. The lowest BCUT2D eigenvalue weighted by Gasteiger charge is -2.39. The van der Waals surface area contributed by atoms with E-state index in [1.807, 2.05) is 0 Å². The lowest BCUT2D eigenvalue weighted by atomic mass is 9.90. The Kier molecular flexibility index (Phi) is 14.6. The molecule has 0 aromatic heterocycles. The van der Waals surface area contributed by atoms with Crippen molar-refractivity contribution in [2.75, 3.05) is 6.54 Å². The van der Waals surface area contributed by atoms with Crippen LogP contribution >= 0.6 is 0 Å². The van der Waals surface area contributed by atoms with Crippen LogP contribution in [0.25, 0.3) is 0 Å². The maximum absolute atomic E-state index is 2.77. The molecule has 0 radical (unpaired) electrons. The van der Waals surface area contributed by atoms with Gasteiger partial charge >= 0.3 is 0 Å². The highest BCUT2D eigenvalue weighted by atomic mass is 15.2. The Morgan fingerprint density at radius 3 is 0.953 bits per heavy atom. The lowest BCUT2D eigenvalue weighted by molar-refractivity contribution is 0.176. The summed E-state index contributed by atoms with van der Waals surface area (Å²) in [6.45, 7) is 5.74. The zero-order chi connectivity index (χ0) is 30.0. The lowest BCUT2D eigenvalue weighted by Crippen LogP contribution is -2.35. The standard InChI is InChI=1S/C42H55N/c1-36(2)26-16-10-8-6-4-3-5-7-9-11-25-35-43(41(37-27-17-12-18-28-37)38-29-19-13-20-30-38)42(39-31-21-14-22-32-39)40-33-23-15-24-34-40/h12-15,17-24,27-34,36,41-42H,3-11,16,25-26,35H2,1-2H3. The summed E-state index contributed by atoms with van der Waals surface area (Å²) in [6, 6.07) is 44.9. The van der Waals surface area contributed by atoms with Crippen LogP contribution < -0.4 is 0 Å². The quantitative estimate of drug-likeness (QED) is 0.0950. The summed E-state index contributed by atoms with van der Waals surface area (Å²) in [5.74, 6) is 0.859. The van der Waals surface area contributed by atoms with E-state index >= 15 is 0 Å². The van der Waals surface area contributed by atoms with Crippen LogP contribution in [0.1, 0.15) is 125 Å². The summed E-state index contributed by atoms with van der Waals surface area (Å²) in [5, 5.41) is 0. The fourth-order valence-electron chi connectivity index (χ4n) is 6.54. The van der Waals surface area contributed by atoms with Crippen LogP contribution in [0.3, 0.4) is 0 Å². The van der Waals surface area contributed by atoms with Gasteiger partial charge in [-0.15, -0.1) is 0 Å². The van der Waals surface area contributed by atoms with E-state index in [0.29, 0.717) is 0 Å². The van der Waals surface area contributed by atoms with Crippen molar-refractivity contribution in [3.63, 3.8) is 0 Å². The van der Waals surface area contributed by atoms with Crippen molar-refractivity contribution < 1.29 is 0 Å². The Bertz CT molecular complexity index is 1060. The summed E-state index contributed by atoms with van der Waals surface area (Å²) in [5.41, 5.74) is 5.43. The van der Waals surface area contributed by atoms with Gasteiger partial charge in [0.25, 0.3) is 0 Å². The fraction of sp³-hybridized carbons (Fsp3) is 0.429. The van der Waals surface area contributed by atoms with E-state index < -0.39 is 0 Å². The molecule has 4 aromatic carbocycles. The van der Waals surface area contributed by atoms with Gasteiger partial charge in [0, 0.05) is 6.54 Å². The molecule has 0 bridgehead atoms. The Balaban J connectivity index is 1.43. The minimum absolute atomic E-state index is 0.174. The van der Waals surface area contributed by atoms with Crippen LogP contribution in [-0.2, 0) is 0 Å². The molecule has 4 rings (SSSR count). The summed E-state index contributed by atoms with van der Waals surface area (Å²) in [7, 11) is 0. The molecule has 1 heteroatoms. The fourth-order valence-corrected chi connectivity index (χ4v) is 6.54. The van der Waals surface area contributed by atoms with Gasteiger partial charge in [-0.1, -0.05) is 206 Å². The largest absolute Gasteiger partial charge is 0.281 e. The van der Waals surface area contributed by atoms with Crippen LogP contribution in [-0.4, -0.2) is 11.4 Å². The zero-order valence-corrected chi connectivity index (χ0v) is 26.9. The molecule has 228 valence electrons. The SMILES string of the molecule is CC(C)CCCCCCCCCCCCCN(C(c1ccccc1)c1ccccc1)C(c1ccccc1)c1ccccc1. The van der Waals surface area contributed by atoms with Crippen LogP contribution in [0.2, 0.25) is 0 Å². The second-order valence-corrected chi connectivity index (χ2v) is 12.8. The molecule has 0 fully saturated rings. The minimum atomic E-state index is 0.174. The molecule has 0 N–H and O–H groups in total. The number of rotatable bonds is 20. The van der Waals surface area contributed by atoms with Gasteiger partial charge in [0.05, 0.1) is 12.1 Å². The highest BCUT2D eigenvalue weighted by Gasteiger charge is 2.30. The van der Waals surface area contributed by atoms with E-state index in [-0.39, 0.29) is 12.1 Å². The summed E-state index contributed by atoms with van der Waals surface area (Å²) in [6.07, 6.45) is 16.5. The molecule has 43 heavy (non-hydrogen) atoms. The van der Waals surface area contributed by atoms with Gasteiger partial charge in [-0.2, -0.15) is 0 Å². The third-order valence-electron chi connectivity index (χ3n) is 8.82. The van der Waals surface area contributed by atoms with Crippen molar-refractivity contribution in [1.82, 2.24) is 4.90 Å². The topological polar surface area (TPSA) is 3.24 Å². The van der Waals surface area contributed by atoms with Crippen molar-refractivity contribution in [3.05, 3.63) is 144 Å². The molecule has 0 unspecified atom stereocenters. The molecule has 4 aromatic rings. The van der Waals surface area contributed by atoms with E-state index in [1.165, 1.54) is 99.3 Å². The number of benzene rings is 4. The minimum Gasteiger partial charge on any atom is -0.281 e. The molecule has 0 aliphatic carbocycles. The van der Waals surface area contributed by atoms with Crippen LogP contribution in [0, 0.1) is 5.92 Å². The van der Waals surface area contributed by atoms with E-state index in [1.54, 1.807) is 0 Å². The normalized spacial score (nSPS) is 11.7. The van der Waals surface area contributed by atoms with Crippen molar-refractivity contribution in [2.24, 2.45) is 5.92 Å². The first-order valence-electron chi connectivity index (χ1n) is 17.2. The zero-order valence-electron chi connectivity index (χ0n) is 26.9. The highest BCUT2D eigenvalue weighted by molar-refractivity contribution is 5.37. The first-order chi connectivity index (χ1) is 21.2. The van der Waals surface area contributed by atoms with E-state index in [0.717, 1.165) is 12.5 Å². The van der Waals surface area contributed by atoms with E-state index in [9.17, 15) is 0 Å². The average Bonchev–Trinajstić information content (AvgIpc) is 3.05. The van der Waals surface area contributed by atoms with Crippen molar-refractivity contribution in [2.45, 2.75) is 103 Å². The van der Waals surface area contributed by atoms with Crippen molar-refractivity contribution >= 4 is 0 Å². The molecule has 0 saturated heterocycles. The van der Waals surface area contributed by atoms with Gasteiger partial charge in [0.2, 0.25) is 0 Å². The Morgan fingerprint density at radius 2 is 0.651 bits per heavy atom. The molecular formula is C42H55N. The van der Waals surface area contributed by atoms with Crippen LogP contribution in [0.5, 0.6) is 0 Å². The molecule has 0 atom stereocenters. The molecule has 0 aliphatic rings. The Labute approximate surface area is 263 Å². The van der Waals surface area contributed by atoms with Crippen molar-refractivity contribution in [1.29, 1.82) is 0 Å². The van der Waals surface area contributed by atoms with Gasteiger partial charge in [-0.25, -0.2) is 0 Å². The Morgan fingerprint density at radius 1 is 0.372 bits per heavy atom. The third kappa shape index (κ3) is 11.1. The molecule has 0 aliphatic heterocycles. The number of hydrogen-bond acceptors (Lipinski definition) is 1. The highest BCUT2D eigenvalue weighted by Crippen LogP contribution is 2.39. The average molecular weight is 574 g/mol. The second kappa shape index (κ2) is 19.2. The van der Waals surface area contributed by atoms with E-state index in [2.05, 4.69) is 140 Å². The molecule has 0 spiro atoms. The number of hydrogen-bond donors (Lipinski definition) is 0. The first kappa shape index (κ1) is 32.7. The summed E-state index contributed by atoms with van der Waals surface area (Å²) in [4.78, 5) is 2.77. The van der Waals surface area contributed by atoms with Gasteiger partial charge in [-0.05, 0) is 34.6 Å². The third-order valence-corrected chi connectivity index (χ3v) is 8.82. The van der Waals surface area contributed by atoms with Crippen LogP contribution in [0.15, 0.2) is 121 Å². The van der Waals surface area contributed by atoms with E-state index in [4.69, 9.17) is 0 Å². The predicted octanol–water partition coefficient (Wildman–Crippen LogP) is 12.2. The molecule has 0 amide bonds. The van der Waals surface area contributed by atoms with Gasteiger partial charge in [0.15, 0.2) is 0 Å². The van der Waals surface area contributed by atoms with Gasteiger partial charge < -0.3 is 0 Å². The molecule has 0 heterocycles. The molecule has 1 nitrogen and oxygen atoms in total. The predicted molar refractivity (Wildman–Crippen MR) is 186 cm³/mol. The van der Waals surface area contributed by atoms with Gasteiger partial charge in [-0.3, -0.25) is 4.90 Å². The summed E-state index contributed by atoms with van der Waals surface area (Å²) >= 11 is 0. The first-order valence-corrected chi connectivity index (χ1v) is 17.2. The Hall–Kier alpha value is -3.16. The van der Waals surface area contributed by atoms with Crippen molar-refractivity contribution in [3.8, 4) is 0 Å². The maximum Gasteiger partial charge on any atom is 0.0610 e. The second-order valence-electron chi connectivity index (χ2n) is 12.8. The maximum atomic E-state index is 2.77. The van der Waals surface area contributed by atoms with Gasteiger partial charge in [0.1, 0.15) is 0 Å².